The minimum atomic E-state index is 0.408. The molecule has 0 aromatic heterocycles. The third-order valence-corrected chi connectivity index (χ3v) is 3.39. The number of rotatable bonds is 5. The molecule has 4 heteroatoms. The summed E-state index contributed by atoms with van der Waals surface area (Å²) >= 11 is 5.09. The van der Waals surface area contributed by atoms with Gasteiger partial charge in [-0.1, -0.05) is 36.5 Å². The first kappa shape index (κ1) is 14.3. The molecule has 3 nitrogen and oxygen atoms in total. The molecule has 0 aliphatic rings. The number of ether oxygens (including phenoxy) is 1. The fourth-order valence-electron chi connectivity index (χ4n) is 2.04. The number of nitrogens with two attached hydrogens (primary N) is 1. The van der Waals surface area contributed by atoms with Crippen molar-refractivity contribution in [2.24, 2.45) is 5.73 Å². The monoisotopic (exact) mass is 286 g/mol. The molecule has 0 radical (unpaired) electrons. The van der Waals surface area contributed by atoms with Crippen molar-refractivity contribution in [3.05, 3.63) is 59.2 Å². The zero-order chi connectivity index (χ0) is 14.5. The molecule has 3 N–H and O–H groups in total. The van der Waals surface area contributed by atoms with E-state index < -0.39 is 0 Å². The Bertz CT molecular complexity index is 608. The SMILES string of the molecule is COc1ccc(CNc2c(C)cccc2C(N)=S)cc1. The van der Waals surface area contributed by atoms with Gasteiger partial charge >= 0.3 is 0 Å². The number of hydrogen-bond donors (Lipinski definition) is 2. The highest BCUT2D eigenvalue weighted by Gasteiger charge is 2.07. The van der Waals surface area contributed by atoms with E-state index in [-0.39, 0.29) is 0 Å². The number of hydrogen-bond acceptors (Lipinski definition) is 3. The number of nitrogens with one attached hydrogen (secondary N) is 1. The number of thiocarbonyl (C=S) groups is 1. The molecule has 0 bridgehead atoms. The molecule has 104 valence electrons. The Morgan fingerprint density at radius 2 is 1.90 bits per heavy atom. The maximum atomic E-state index is 5.77. The zero-order valence-electron chi connectivity index (χ0n) is 11.6. The van der Waals surface area contributed by atoms with Crippen LogP contribution in [-0.4, -0.2) is 12.1 Å². The van der Waals surface area contributed by atoms with Crippen LogP contribution in [0.2, 0.25) is 0 Å². The van der Waals surface area contributed by atoms with Gasteiger partial charge in [-0.2, -0.15) is 0 Å². The van der Waals surface area contributed by atoms with Crippen molar-refractivity contribution in [1.82, 2.24) is 0 Å². The summed E-state index contributed by atoms with van der Waals surface area (Å²) in [5, 5.41) is 3.41. The van der Waals surface area contributed by atoms with Gasteiger partial charge in [0.05, 0.1) is 7.11 Å². The number of aryl methyl sites for hydroxylation is 1. The first-order valence-electron chi connectivity index (χ1n) is 6.38. The van der Waals surface area contributed by atoms with Gasteiger partial charge in [-0.05, 0) is 36.2 Å². The normalized spacial score (nSPS) is 10.1. The van der Waals surface area contributed by atoms with Crippen LogP contribution < -0.4 is 15.8 Å². The zero-order valence-corrected chi connectivity index (χ0v) is 12.5. The van der Waals surface area contributed by atoms with E-state index in [0.29, 0.717) is 11.5 Å². The van der Waals surface area contributed by atoms with Crippen molar-refractivity contribution >= 4 is 22.9 Å². The van der Waals surface area contributed by atoms with Gasteiger partial charge in [-0.3, -0.25) is 0 Å². The van der Waals surface area contributed by atoms with Gasteiger partial charge in [0.25, 0.3) is 0 Å². The summed E-state index contributed by atoms with van der Waals surface area (Å²) in [6.07, 6.45) is 0. The van der Waals surface area contributed by atoms with Crippen molar-refractivity contribution in [2.45, 2.75) is 13.5 Å². The average Bonchev–Trinajstić information content (AvgIpc) is 2.46. The van der Waals surface area contributed by atoms with Crippen LogP contribution in [0.5, 0.6) is 5.75 Å². The highest BCUT2D eigenvalue weighted by molar-refractivity contribution is 7.80. The molecule has 0 atom stereocenters. The molecule has 20 heavy (non-hydrogen) atoms. The topological polar surface area (TPSA) is 47.3 Å². The molecule has 2 aromatic rings. The van der Waals surface area contributed by atoms with Crippen molar-refractivity contribution in [1.29, 1.82) is 0 Å². The molecule has 0 aliphatic carbocycles. The summed E-state index contributed by atoms with van der Waals surface area (Å²) in [6.45, 7) is 2.75. The fraction of sp³-hybridized carbons (Fsp3) is 0.188. The Balaban J connectivity index is 2.16. The molecule has 0 amide bonds. The van der Waals surface area contributed by atoms with Gasteiger partial charge in [0.1, 0.15) is 10.7 Å². The molecule has 2 rings (SSSR count). The number of para-hydroxylation sites is 1. The van der Waals surface area contributed by atoms with Crippen LogP contribution in [0.15, 0.2) is 42.5 Å². The smallest absolute Gasteiger partial charge is 0.118 e. The van der Waals surface area contributed by atoms with Crippen LogP contribution in [0, 0.1) is 6.92 Å². The Hall–Kier alpha value is -2.07. The predicted molar refractivity (Wildman–Crippen MR) is 87.4 cm³/mol. The summed E-state index contributed by atoms with van der Waals surface area (Å²) in [5.41, 5.74) is 9.94. The third kappa shape index (κ3) is 3.27. The highest BCUT2D eigenvalue weighted by Crippen LogP contribution is 2.21. The van der Waals surface area contributed by atoms with Crippen molar-refractivity contribution in [2.75, 3.05) is 12.4 Å². The first-order valence-corrected chi connectivity index (χ1v) is 6.79. The van der Waals surface area contributed by atoms with E-state index in [1.54, 1.807) is 7.11 Å². The van der Waals surface area contributed by atoms with E-state index in [4.69, 9.17) is 22.7 Å². The van der Waals surface area contributed by atoms with Crippen LogP contribution >= 0.6 is 12.2 Å². The molecule has 2 aromatic carbocycles. The molecule has 0 fully saturated rings. The van der Waals surface area contributed by atoms with Gasteiger partial charge in [0.15, 0.2) is 0 Å². The number of methoxy groups -OCH3 is 1. The van der Waals surface area contributed by atoms with Crippen LogP contribution in [-0.2, 0) is 6.54 Å². The molecular weight excluding hydrogens is 268 g/mol. The average molecular weight is 286 g/mol. The lowest BCUT2D eigenvalue weighted by molar-refractivity contribution is 0.414. The minimum Gasteiger partial charge on any atom is -0.497 e. The summed E-state index contributed by atoms with van der Waals surface area (Å²) in [5.74, 6) is 0.855. The molecule has 0 heterocycles. The third-order valence-electron chi connectivity index (χ3n) is 3.17. The Morgan fingerprint density at radius 1 is 1.20 bits per heavy atom. The molecular formula is C16H18N2OS. The summed E-state index contributed by atoms with van der Waals surface area (Å²) in [6, 6.07) is 13.9. The highest BCUT2D eigenvalue weighted by atomic mass is 32.1. The Labute approximate surface area is 124 Å². The van der Waals surface area contributed by atoms with Gasteiger partial charge in [0, 0.05) is 17.8 Å². The second-order valence-electron chi connectivity index (χ2n) is 4.56. The van der Waals surface area contributed by atoms with E-state index in [9.17, 15) is 0 Å². The molecule has 0 unspecified atom stereocenters. The van der Waals surface area contributed by atoms with Crippen molar-refractivity contribution < 1.29 is 4.74 Å². The quantitative estimate of drug-likeness (QED) is 0.828. The first-order chi connectivity index (χ1) is 9.61. The summed E-state index contributed by atoms with van der Waals surface area (Å²) in [7, 11) is 1.66. The lowest BCUT2D eigenvalue weighted by Crippen LogP contribution is -2.14. The largest absolute Gasteiger partial charge is 0.497 e. The van der Waals surface area contributed by atoms with Gasteiger partial charge in [-0.15, -0.1) is 0 Å². The minimum absolute atomic E-state index is 0.408. The summed E-state index contributed by atoms with van der Waals surface area (Å²) in [4.78, 5) is 0.408. The van der Waals surface area contributed by atoms with Crippen LogP contribution in [0.3, 0.4) is 0 Å². The fourth-order valence-corrected chi connectivity index (χ4v) is 2.21. The van der Waals surface area contributed by atoms with Crippen LogP contribution in [0.1, 0.15) is 16.7 Å². The van der Waals surface area contributed by atoms with Crippen LogP contribution in [0.25, 0.3) is 0 Å². The number of benzene rings is 2. The van der Waals surface area contributed by atoms with E-state index in [1.165, 1.54) is 5.56 Å². The standard InChI is InChI=1S/C16H18N2OS/c1-11-4-3-5-14(16(17)20)15(11)18-10-12-6-8-13(19-2)9-7-12/h3-9,18H,10H2,1-2H3,(H2,17,20). The lowest BCUT2D eigenvalue weighted by Gasteiger charge is -2.14. The molecule has 0 spiro atoms. The van der Waals surface area contributed by atoms with Crippen molar-refractivity contribution in [3.63, 3.8) is 0 Å². The Kier molecular flexibility index (Phi) is 4.58. The maximum Gasteiger partial charge on any atom is 0.118 e. The molecule has 0 aliphatic heterocycles. The second-order valence-corrected chi connectivity index (χ2v) is 5.00. The van der Waals surface area contributed by atoms with Gasteiger partial charge < -0.3 is 15.8 Å². The van der Waals surface area contributed by atoms with Crippen LogP contribution in [0.4, 0.5) is 5.69 Å². The van der Waals surface area contributed by atoms with E-state index >= 15 is 0 Å². The van der Waals surface area contributed by atoms with E-state index in [1.807, 2.05) is 49.4 Å². The van der Waals surface area contributed by atoms with E-state index in [0.717, 1.165) is 22.6 Å². The van der Waals surface area contributed by atoms with Gasteiger partial charge in [-0.25, -0.2) is 0 Å². The predicted octanol–water partition coefficient (Wildman–Crippen LogP) is 3.25. The van der Waals surface area contributed by atoms with Crippen molar-refractivity contribution in [3.8, 4) is 5.75 Å². The Morgan fingerprint density at radius 3 is 2.50 bits per heavy atom. The lowest BCUT2D eigenvalue weighted by atomic mass is 10.1. The molecule has 0 saturated heterocycles. The second kappa shape index (κ2) is 6.39. The number of anilines is 1. The maximum absolute atomic E-state index is 5.77. The molecule has 0 saturated carbocycles. The summed E-state index contributed by atoms with van der Waals surface area (Å²) < 4.78 is 5.15. The van der Waals surface area contributed by atoms with E-state index in [2.05, 4.69) is 5.32 Å². The van der Waals surface area contributed by atoms with Gasteiger partial charge in [0.2, 0.25) is 0 Å².